The van der Waals surface area contributed by atoms with Crippen molar-refractivity contribution in [2.24, 2.45) is 0 Å². The molecule has 2 aromatic carbocycles. The van der Waals surface area contributed by atoms with Crippen molar-refractivity contribution in [1.82, 2.24) is 0 Å². The van der Waals surface area contributed by atoms with Crippen LogP contribution in [0.3, 0.4) is 0 Å². The standard InChI is InChI=1S/C18H20Cl2N2O3/c1-11-4-5-12(8-13(11)19)21-7-6-18(23)22-15-10-16(24-2)14(20)9-17(15)25-3/h4-5,8-10,21H,6-7H2,1-3H3,(H,22,23). The zero-order chi connectivity index (χ0) is 18.4. The van der Waals surface area contributed by atoms with Gasteiger partial charge in [-0.1, -0.05) is 29.3 Å². The lowest BCUT2D eigenvalue weighted by Crippen LogP contribution is -2.16. The molecule has 0 radical (unpaired) electrons. The fourth-order valence-electron chi connectivity index (χ4n) is 2.19. The van der Waals surface area contributed by atoms with Gasteiger partial charge >= 0.3 is 0 Å². The topological polar surface area (TPSA) is 59.6 Å². The van der Waals surface area contributed by atoms with E-state index in [1.54, 1.807) is 12.1 Å². The van der Waals surface area contributed by atoms with Gasteiger partial charge in [-0.25, -0.2) is 0 Å². The number of amides is 1. The fraction of sp³-hybridized carbons (Fsp3) is 0.278. The number of hydrogen-bond acceptors (Lipinski definition) is 4. The Morgan fingerprint density at radius 3 is 2.40 bits per heavy atom. The van der Waals surface area contributed by atoms with E-state index in [1.807, 2.05) is 25.1 Å². The van der Waals surface area contributed by atoms with Crippen LogP contribution in [0.5, 0.6) is 11.5 Å². The Morgan fingerprint density at radius 2 is 1.76 bits per heavy atom. The second kappa shape index (κ2) is 8.83. The summed E-state index contributed by atoms with van der Waals surface area (Å²) in [6, 6.07) is 8.92. The summed E-state index contributed by atoms with van der Waals surface area (Å²) in [7, 11) is 3.02. The van der Waals surface area contributed by atoms with Crippen LogP contribution >= 0.6 is 23.2 Å². The number of halogens is 2. The molecule has 0 spiro atoms. The molecule has 0 heterocycles. The minimum Gasteiger partial charge on any atom is -0.495 e. The van der Waals surface area contributed by atoms with Crippen molar-refractivity contribution in [3.05, 3.63) is 45.9 Å². The lowest BCUT2D eigenvalue weighted by molar-refractivity contribution is -0.116. The lowest BCUT2D eigenvalue weighted by Gasteiger charge is -2.13. The van der Waals surface area contributed by atoms with Crippen LogP contribution in [0.4, 0.5) is 11.4 Å². The van der Waals surface area contributed by atoms with Crippen LogP contribution in [0.25, 0.3) is 0 Å². The third kappa shape index (κ3) is 5.18. The third-order valence-electron chi connectivity index (χ3n) is 3.60. The van der Waals surface area contributed by atoms with Gasteiger partial charge < -0.3 is 20.1 Å². The Hall–Kier alpha value is -2.11. The largest absolute Gasteiger partial charge is 0.495 e. The van der Waals surface area contributed by atoms with Crippen LogP contribution in [0.2, 0.25) is 10.0 Å². The summed E-state index contributed by atoms with van der Waals surface area (Å²) >= 11 is 12.1. The number of carbonyl (C=O) groups excluding carboxylic acids is 1. The second-order valence-corrected chi connectivity index (χ2v) is 6.19. The van der Waals surface area contributed by atoms with Gasteiger partial charge in [0.25, 0.3) is 0 Å². The van der Waals surface area contributed by atoms with Gasteiger partial charge in [-0.05, 0) is 24.6 Å². The Balaban J connectivity index is 1.94. The van der Waals surface area contributed by atoms with Crippen LogP contribution in [0.1, 0.15) is 12.0 Å². The van der Waals surface area contributed by atoms with E-state index >= 15 is 0 Å². The molecular weight excluding hydrogens is 363 g/mol. The highest BCUT2D eigenvalue weighted by atomic mass is 35.5. The lowest BCUT2D eigenvalue weighted by atomic mass is 10.2. The van der Waals surface area contributed by atoms with Crippen molar-refractivity contribution in [2.75, 3.05) is 31.4 Å². The van der Waals surface area contributed by atoms with E-state index in [9.17, 15) is 4.79 Å². The molecule has 0 unspecified atom stereocenters. The molecule has 0 aromatic heterocycles. The first-order chi connectivity index (χ1) is 11.9. The van der Waals surface area contributed by atoms with Crippen LogP contribution < -0.4 is 20.1 Å². The highest BCUT2D eigenvalue weighted by molar-refractivity contribution is 6.32. The fourth-order valence-corrected chi connectivity index (χ4v) is 2.61. The number of aryl methyl sites for hydroxylation is 1. The summed E-state index contributed by atoms with van der Waals surface area (Å²) < 4.78 is 10.4. The van der Waals surface area contributed by atoms with Gasteiger partial charge in [0.2, 0.25) is 5.91 Å². The van der Waals surface area contributed by atoms with E-state index in [-0.39, 0.29) is 12.3 Å². The van der Waals surface area contributed by atoms with Crippen molar-refractivity contribution in [3.8, 4) is 11.5 Å². The minimum absolute atomic E-state index is 0.159. The summed E-state index contributed by atoms with van der Waals surface area (Å²) in [5.74, 6) is 0.774. The minimum atomic E-state index is -0.159. The van der Waals surface area contributed by atoms with Crippen molar-refractivity contribution in [3.63, 3.8) is 0 Å². The molecule has 2 aromatic rings. The molecule has 0 saturated heterocycles. The number of nitrogens with one attached hydrogen (secondary N) is 2. The molecule has 1 amide bonds. The predicted octanol–water partition coefficient (Wildman–Crippen LogP) is 4.76. The number of methoxy groups -OCH3 is 2. The maximum atomic E-state index is 12.2. The Kier molecular flexibility index (Phi) is 6.79. The zero-order valence-electron chi connectivity index (χ0n) is 14.3. The van der Waals surface area contributed by atoms with E-state index in [0.29, 0.717) is 33.8 Å². The van der Waals surface area contributed by atoms with E-state index in [2.05, 4.69) is 10.6 Å². The number of hydrogen-bond donors (Lipinski definition) is 2. The molecule has 25 heavy (non-hydrogen) atoms. The molecule has 7 heteroatoms. The smallest absolute Gasteiger partial charge is 0.226 e. The molecule has 0 fully saturated rings. The second-order valence-electron chi connectivity index (χ2n) is 5.38. The van der Waals surface area contributed by atoms with Gasteiger partial charge in [0.15, 0.2) is 0 Å². The van der Waals surface area contributed by atoms with Crippen LogP contribution in [-0.2, 0) is 4.79 Å². The van der Waals surface area contributed by atoms with Gasteiger partial charge in [0.05, 0.1) is 24.9 Å². The SMILES string of the molecule is COc1cc(NC(=O)CCNc2ccc(C)c(Cl)c2)c(OC)cc1Cl. The summed E-state index contributed by atoms with van der Waals surface area (Å²) in [6.45, 7) is 2.41. The van der Waals surface area contributed by atoms with E-state index in [1.165, 1.54) is 14.2 Å². The Labute approximate surface area is 157 Å². The van der Waals surface area contributed by atoms with Crippen LogP contribution in [0, 0.1) is 6.92 Å². The normalized spacial score (nSPS) is 10.3. The van der Waals surface area contributed by atoms with E-state index < -0.39 is 0 Å². The maximum absolute atomic E-state index is 12.2. The molecule has 0 aliphatic carbocycles. The first-order valence-electron chi connectivity index (χ1n) is 7.66. The molecule has 0 aliphatic heterocycles. The van der Waals surface area contributed by atoms with Gasteiger partial charge in [0, 0.05) is 35.8 Å². The Morgan fingerprint density at radius 1 is 1.04 bits per heavy atom. The van der Waals surface area contributed by atoms with Crippen molar-refractivity contribution < 1.29 is 14.3 Å². The van der Waals surface area contributed by atoms with Crippen molar-refractivity contribution in [2.45, 2.75) is 13.3 Å². The van der Waals surface area contributed by atoms with Gasteiger partial charge in [-0.15, -0.1) is 0 Å². The number of carbonyl (C=O) groups is 1. The van der Waals surface area contributed by atoms with Crippen molar-refractivity contribution in [1.29, 1.82) is 0 Å². The number of anilines is 2. The average Bonchev–Trinajstić information content (AvgIpc) is 2.59. The molecule has 0 saturated carbocycles. The van der Waals surface area contributed by atoms with Gasteiger partial charge in [-0.2, -0.15) is 0 Å². The van der Waals surface area contributed by atoms with Crippen LogP contribution in [0.15, 0.2) is 30.3 Å². The first-order valence-corrected chi connectivity index (χ1v) is 8.41. The van der Waals surface area contributed by atoms with Gasteiger partial charge in [0.1, 0.15) is 11.5 Å². The molecule has 5 nitrogen and oxygen atoms in total. The zero-order valence-corrected chi connectivity index (χ0v) is 15.8. The summed E-state index contributed by atoms with van der Waals surface area (Å²) in [5.41, 5.74) is 2.38. The van der Waals surface area contributed by atoms with Crippen molar-refractivity contribution >= 4 is 40.5 Å². The molecule has 2 N–H and O–H groups in total. The summed E-state index contributed by atoms with van der Waals surface area (Å²) in [6.07, 6.45) is 0.277. The van der Waals surface area contributed by atoms with Gasteiger partial charge in [-0.3, -0.25) is 4.79 Å². The molecular formula is C18H20Cl2N2O3. The Bertz CT molecular complexity index is 766. The molecule has 2 rings (SSSR count). The summed E-state index contributed by atoms with van der Waals surface area (Å²) in [4.78, 5) is 12.2. The van der Waals surface area contributed by atoms with Crippen LogP contribution in [-0.4, -0.2) is 26.7 Å². The monoisotopic (exact) mass is 382 g/mol. The molecule has 0 bridgehead atoms. The number of rotatable bonds is 7. The average molecular weight is 383 g/mol. The summed E-state index contributed by atoms with van der Waals surface area (Å²) in [5, 5.41) is 7.07. The highest BCUT2D eigenvalue weighted by Crippen LogP contribution is 2.35. The van der Waals surface area contributed by atoms with E-state index in [0.717, 1.165) is 11.3 Å². The number of benzene rings is 2. The predicted molar refractivity (Wildman–Crippen MR) is 102 cm³/mol. The highest BCUT2D eigenvalue weighted by Gasteiger charge is 2.12. The molecule has 0 aliphatic rings. The number of ether oxygens (including phenoxy) is 2. The van der Waals surface area contributed by atoms with E-state index in [4.69, 9.17) is 32.7 Å². The maximum Gasteiger partial charge on any atom is 0.226 e. The first kappa shape index (κ1) is 19.2. The molecule has 0 atom stereocenters. The third-order valence-corrected chi connectivity index (χ3v) is 4.30. The molecule has 134 valence electrons. The quantitative estimate of drug-likeness (QED) is 0.724.